The number of rotatable bonds is 59. The molecule has 6 heteroatoms. The van der Waals surface area contributed by atoms with Crippen LogP contribution in [0, 0.1) is 0 Å². The van der Waals surface area contributed by atoms with Gasteiger partial charge in [0.2, 0.25) is 5.91 Å². The lowest BCUT2D eigenvalue weighted by atomic mass is 10.0. The Labute approximate surface area is 443 Å². The number of esters is 1. The number of carbonyl (C=O) groups is 2. The van der Waals surface area contributed by atoms with Crippen LogP contribution in [0.5, 0.6) is 0 Å². The SMILES string of the molecule is CCCCCCCCCCCCCCCCCCCCCCCC/C=C/C(O)C(CO)NC(=O)CCCCCCCCC/C=C\C/C=C\CCCCCOC(=O)CCCCCCCCCCCCCCC. The van der Waals surface area contributed by atoms with Crippen molar-refractivity contribution in [1.82, 2.24) is 5.32 Å². The average Bonchev–Trinajstić information content (AvgIpc) is 3.37. The minimum Gasteiger partial charge on any atom is -0.466 e. The van der Waals surface area contributed by atoms with Crippen molar-refractivity contribution >= 4 is 11.9 Å². The maximum Gasteiger partial charge on any atom is 0.305 e. The van der Waals surface area contributed by atoms with E-state index in [0.717, 1.165) is 83.5 Å². The Hall–Kier alpha value is -1.92. The van der Waals surface area contributed by atoms with Gasteiger partial charge < -0.3 is 20.3 Å². The molecular formula is C65H123NO5. The molecular weight excluding hydrogens is 875 g/mol. The van der Waals surface area contributed by atoms with Gasteiger partial charge in [-0.3, -0.25) is 9.59 Å². The second-order valence-corrected chi connectivity index (χ2v) is 21.7. The van der Waals surface area contributed by atoms with E-state index < -0.39 is 12.1 Å². The Morgan fingerprint density at radius 3 is 1.07 bits per heavy atom. The fourth-order valence-corrected chi connectivity index (χ4v) is 9.78. The Morgan fingerprint density at radius 2 is 0.704 bits per heavy atom. The molecule has 0 heterocycles. The highest BCUT2D eigenvalue weighted by molar-refractivity contribution is 5.76. The first-order valence-corrected chi connectivity index (χ1v) is 31.8. The largest absolute Gasteiger partial charge is 0.466 e. The molecule has 0 bridgehead atoms. The summed E-state index contributed by atoms with van der Waals surface area (Å²) in [5.41, 5.74) is 0. The van der Waals surface area contributed by atoms with Crippen LogP contribution in [0.1, 0.15) is 341 Å². The summed E-state index contributed by atoms with van der Waals surface area (Å²) in [5.74, 6) is -0.0956. The number of ether oxygens (including phenoxy) is 1. The van der Waals surface area contributed by atoms with Crippen molar-refractivity contribution in [2.24, 2.45) is 0 Å². The molecule has 3 N–H and O–H groups in total. The van der Waals surface area contributed by atoms with Crippen LogP contribution in [0.3, 0.4) is 0 Å². The molecule has 2 unspecified atom stereocenters. The summed E-state index contributed by atoms with van der Waals surface area (Å²) in [6.07, 6.45) is 76.2. The van der Waals surface area contributed by atoms with Crippen LogP contribution in [0.4, 0.5) is 0 Å². The molecule has 2 atom stereocenters. The number of hydrogen-bond donors (Lipinski definition) is 3. The smallest absolute Gasteiger partial charge is 0.305 e. The molecule has 0 spiro atoms. The number of aliphatic hydroxyl groups is 2. The van der Waals surface area contributed by atoms with Gasteiger partial charge in [0.05, 0.1) is 25.4 Å². The van der Waals surface area contributed by atoms with Gasteiger partial charge in [-0.15, -0.1) is 0 Å². The predicted octanol–water partition coefficient (Wildman–Crippen LogP) is 20.0. The molecule has 0 aliphatic heterocycles. The lowest BCUT2D eigenvalue weighted by Crippen LogP contribution is -2.45. The van der Waals surface area contributed by atoms with Gasteiger partial charge >= 0.3 is 5.97 Å². The molecule has 0 aliphatic carbocycles. The highest BCUT2D eigenvalue weighted by Gasteiger charge is 2.18. The molecule has 0 aliphatic rings. The standard InChI is InChI=1S/C65H123NO5/c1-3-5-7-9-11-13-15-17-18-19-20-21-22-23-24-25-27-30-34-37-41-45-49-53-57-63(68)62(61-67)66-64(69)58-54-50-46-42-38-35-31-28-26-29-32-36-40-44-48-52-56-60-71-65(70)59-55-51-47-43-39-33-16-14-12-10-8-6-4-2/h26,29,36,40,53,57,62-63,67-68H,3-25,27-28,30-35,37-39,41-52,54-56,58-61H2,1-2H3,(H,66,69)/b29-26-,40-36-,57-53+. The highest BCUT2D eigenvalue weighted by Crippen LogP contribution is 2.17. The lowest BCUT2D eigenvalue weighted by molar-refractivity contribution is -0.143. The molecule has 0 aromatic heterocycles. The van der Waals surface area contributed by atoms with Crippen molar-refractivity contribution in [1.29, 1.82) is 0 Å². The van der Waals surface area contributed by atoms with E-state index in [-0.39, 0.29) is 18.5 Å². The van der Waals surface area contributed by atoms with Crippen LogP contribution in [0.2, 0.25) is 0 Å². The molecule has 1 amide bonds. The molecule has 0 radical (unpaired) electrons. The van der Waals surface area contributed by atoms with Crippen LogP contribution in [0.15, 0.2) is 36.5 Å². The van der Waals surface area contributed by atoms with Crippen LogP contribution in [-0.4, -0.2) is 47.4 Å². The molecule has 6 nitrogen and oxygen atoms in total. The topological polar surface area (TPSA) is 95.9 Å². The molecule has 0 fully saturated rings. The monoisotopic (exact) mass is 998 g/mol. The molecule has 0 saturated heterocycles. The van der Waals surface area contributed by atoms with Gasteiger partial charge in [0.25, 0.3) is 0 Å². The van der Waals surface area contributed by atoms with Crippen molar-refractivity contribution in [2.45, 2.75) is 353 Å². The zero-order valence-electron chi connectivity index (χ0n) is 47.7. The quantitative estimate of drug-likeness (QED) is 0.0321. The summed E-state index contributed by atoms with van der Waals surface area (Å²) in [4.78, 5) is 24.5. The summed E-state index contributed by atoms with van der Waals surface area (Å²) >= 11 is 0. The fourth-order valence-electron chi connectivity index (χ4n) is 9.78. The van der Waals surface area contributed by atoms with Crippen LogP contribution in [0.25, 0.3) is 0 Å². The number of carbonyl (C=O) groups excluding carboxylic acids is 2. The average molecular weight is 999 g/mol. The Bertz CT molecular complexity index is 1150. The minimum atomic E-state index is -0.857. The summed E-state index contributed by atoms with van der Waals surface area (Å²) in [6, 6.07) is -0.641. The van der Waals surface area contributed by atoms with E-state index in [1.807, 2.05) is 6.08 Å². The summed E-state index contributed by atoms with van der Waals surface area (Å²) < 4.78 is 5.45. The van der Waals surface area contributed by atoms with Crippen LogP contribution >= 0.6 is 0 Å². The van der Waals surface area contributed by atoms with Crippen molar-refractivity contribution in [3.63, 3.8) is 0 Å². The van der Waals surface area contributed by atoms with E-state index in [9.17, 15) is 19.8 Å². The first-order chi connectivity index (χ1) is 35.0. The number of allylic oxidation sites excluding steroid dienone is 5. The van der Waals surface area contributed by atoms with E-state index in [0.29, 0.717) is 19.4 Å². The van der Waals surface area contributed by atoms with Gasteiger partial charge in [-0.05, 0) is 70.6 Å². The van der Waals surface area contributed by atoms with Gasteiger partial charge in [-0.2, -0.15) is 0 Å². The molecule has 0 aromatic carbocycles. The number of aliphatic hydroxyl groups excluding tert-OH is 2. The normalized spacial score (nSPS) is 12.8. The molecule has 418 valence electrons. The molecule has 0 aromatic rings. The second kappa shape index (κ2) is 60.6. The van der Waals surface area contributed by atoms with Crippen molar-refractivity contribution in [2.75, 3.05) is 13.2 Å². The highest BCUT2D eigenvalue weighted by atomic mass is 16.5. The second-order valence-electron chi connectivity index (χ2n) is 21.7. The first kappa shape index (κ1) is 69.1. The minimum absolute atomic E-state index is 0.0145. The van der Waals surface area contributed by atoms with Gasteiger partial charge in [-0.25, -0.2) is 0 Å². The zero-order chi connectivity index (χ0) is 51.4. The summed E-state index contributed by atoms with van der Waals surface area (Å²) in [7, 11) is 0. The first-order valence-electron chi connectivity index (χ1n) is 31.8. The third-order valence-corrected chi connectivity index (χ3v) is 14.7. The molecule has 71 heavy (non-hydrogen) atoms. The van der Waals surface area contributed by atoms with Crippen molar-refractivity contribution in [3.05, 3.63) is 36.5 Å². The van der Waals surface area contributed by atoms with E-state index in [2.05, 4.69) is 43.5 Å². The van der Waals surface area contributed by atoms with Gasteiger partial charge in [0.1, 0.15) is 0 Å². The van der Waals surface area contributed by atoms with Crippen molar-refractivity contribution < 1.29 is 24.5 Å². The Kier molecular flexibility index (Phi) is 59.0. The zero-order valence-corrected chi connectivity index (χ0v) is 47.7. The van der Waals surface area contributed by atoms with Gasteiger partial charge in [-0.1, -0.05) is 294 Å². The van der Waals surface area contributed by atoms with E-state index in [1.165, 1.54) is 231 Å². The molecule has 0 rings (SSSR count). The third kappa shape index (κ3) is 57.2. The maximum absolute atomic E-state index is 12.5. The summed E-state index contributed by atoms with van der Waals surface area (Å²) in [6.45, 7) is 4.88. The van der Waals surface area contributed by atoms with Gasteiger partial charge in [0, 0.05) is 12.8 Å². The number of nitrogens with one attached hydrogen (secondary N) is 1. The third-order valence-electron chi connectivity index (χ3n) is 14.7. The van der Waals surface area contributed by atoms with Crippen LogP contribution in [-0.2, 0) is 14.3 Å². The predicted molar refractivity (Wildman–Crippen MR) is 310 cm³/mol. The van der Waals surface area contributed by atoms with Crippen molar-refractivity contribution in [3.8, 4) is 0 Å². The Balaban J connectivity index is 3.52. The molecule has 0 saturated carbocycles. The summed E-state index contributed by atoms with van der Waals surface area (Å²) in [5, 5.41) is 23.2. The number of unbranched alkanes of at least 4 members (excludes halogenated alkanes) is 44. The Morgan fingerprint density at radius 1 is 0.394 bits per heavy atom. The van der Waals surface area contributed by atoms with E-state index in [1.54, 1.807) is 6.08 Å². The van der Waals surface area contributed by atoms with Gasteiger partial charge in [0.15, 0.2) is 0 Å². The van der Waals surface area contributed by atoms with E-state index >= 15 is 0 Å². The number of amides is 1. The van der Waals surface area contributed by atoms with E-state index in [4.69, 9.17) is 4.74 Å². The maximum atomic E-state index is 12.5. The number of hydrogen-bond acceptors (Lipinski definition) is 5. The van der Waals surface area contributed by atoms with Crippen LogP contribution < -0.4 is 5.32 Å². The fraction of sp³-hybridized carbons (Fsp3) is 0.877. The lowest BCUT2D eigenvalue weighted by Gasteiger charge is -2.20.